The van der Waals surface area contributed by atoms with Crippen molar-refractivity contribution in [2.45, 2.75) is 27.7 Å². The zero-order valence-electron chi connectivity index (χ0n) is 12.5. The number of hydrogen-bond donors (Lipinski definition) is 0. The van der Waals surface area contributed by atoms with Crippen molar-refractivity contribution in [2.24, 2.45) is 0 Å². The van der Waals surface area contributed by atoms with E-state index in [2.05, 4.69) is 15.9 Å². The minimum absolute atomic E-state index is 0.000276. The molecule has 1 aromatic rings. The normalized spacial score (nSPS) is 10.2. The Morgan fingerprint density at radius 2 is 1.70 bits per heavy atom. The van der Waals surface area contributed by atoms with Gasteiger partial charge in [0.2, 0.25) is 0 Å². The number of carbonyl (C=O) groups is 1. The minimum atomic E-state index is -0.000276. The molecule has 0 fully saturated rings. The van der Waals surface area contributed by atoms with Crippen molar-refractivity contribution in [1.82, 2.24) is 4.90 Å². The van der Waals surface area contributed by atoms with E-state index in [0.29, 0.717) is 43.4 Å². The van der Waals surface area contributed by atoms with Crippen LogP contribution in [0.5, 0.6) is 11.5 Å². The molecule has 1 aromatic carbocycles. The molecule has 5 heteroatoms. The third-order valence-electron chi connectivity index (χ3n) is 2.90. The highest BCUT2D eigenvalue weighted by atomic mass is 79.9. The Kier molecular flexibility index (Phi) is 6.85. The van der Waals surface area contributed by atoms with Gasteiger partial charge in [-0.05, 0) is 55.8 Å². The fourth-order valence-corrected chi connectivity index (χ4v) is 2.49. The van der Waals surface area contributed by atoms with Gasteiger partial charge in [0.05, 0.1) is 17.7 Å². The summed E-state index contributed by atoms with van der Waals surface area (Å²) in [6.45, 7) is 10.2. The summed E-state index contributed by atoms with van der Waals surface area (Å²) in [5, 5.41) is 0. The molecule has 0 aliphatic heterocycles. The van der Waals surface area contributed by atoms with Crippen LogP contribution < -0.4 is 9.47 Å². The van der Waals surface area contributed by atoms with Crippen LogP contribution in [0.15, 0.2) is 16.6 Å². The molecular weight excluding hydrogens is 322 g/mol. The molecule has 0 unspecified atom stereocenters. The van der Waals surface area contributed by atoms with Gasteiger partial charge in [0.25, 0.3) is 5.91 Å². The van der Waals surface area contributed by atoms with Crippen molar-refractivity contribution < 1.29 is 14.3 Å². The lowest BCUT2D eigenvalue weighted by Gasteiger charge is -2.20. The van der Waals surface area contributed by atoms with E-state index in [0.717, 1.165) is 4.47 Å². The lowest BCUT2D eigenvalue weighted by atomic mass is 10.1. The molecule has 0 spiro atoms. The van der Waals surface area contributed by atoms with Crippen LogP contribution in [0.3, 0.4) is 0 Å². The molecule has 4 nitrogen and oxygen atoms in total. The number of ether oxygens (including phenoxy) is 2. The summed E-state index contributed by atoms with van der Waals surface area (Å²) < 4.78 is 11.9. The predicted octanol–water partition coefficient (Wildman–Crippen LogP) is 3.73. The number of halogens is 1. The lowest BCUT2D eigenvalue weighted by molar-refractivity contribution is 0.0772. The zero-order chi connectivity index (χ0) is 15.1. The summed E-state index contributed by atoms with van der Waals surface area (Å²) in [6.07, 6.45) is 0. The van der Waals surface area contributed by atoms with E-state index in [1.165, 1.54) is 0 Å². The summed E-state index contributed by atoms with van der Waals surface area (Å²) in [5.41, 5.74) is 0.604. The number of rotatable bonds is 7. The van der Waals surface area contributed by atoms with Gasteiger partial charge >= 0.3 is 0 Å². The van der Waals surface area contributed by atoms with Gasteiger partial charge in [0.15, 0.2) is 11.5 Å². The van der Waals surface area contributed by atoms with Crippen LogP contribution in [-0.2, 0) is 0 Å². The van der Waals surface area contributed by atoms with E-state index in [-0.39, 0.29) is 5.91 Å². The monoisotopic (exact) mass is 343 g/mol. The molecule has 0 radical (unpaired) electrons. The maximum atomic E-state index is 12.4. The summed E-state index contributed by atoms with van der Waals surface area (Å²) in [5.74, 6) is 1.24. The topological polar surface area (TPSA) is 38.8 Å². The van der Waals surface area contributed by atoms with Gasteiger partial charge in [-0.25, -0.2) is 0 Å². The van der Waals surface area contributed by atoms with Gasteiger partial charge in [-0.15, -0.1) is 0 Å². The number of hydrogen-bond acceptors (Lipinski definition) is 3. The molecule has 0 aromatic heterocycles. The Morgan fingerprint density at radius 3 is 2.20 bits per heavy atom. The fourth-order valence-electron chi connectivity index (χ4n) is 1.93. The van der Waals surface area contributed by atoms with E-state index in [4.69, 9.17) is 9.47 Å². The summed E-state index contributed by atoms with van der Waals surface area (Å²) in [6, 6.07) is 3.54. The second kappa shape index (κ2) is 8.15. The Morgan fingerprint density at radius 1 is 1.10 bits per heavy atom. The van der Waals surface area contributed by atoms with E-state index in [9.17, 15) is 4.79 Å². The molecule has 20 heavy (non-hydrogen) atoms. The standard InChI is InChI=1S/C15H22BrNO3/c1-5-17(6-2)15(18)11-9-12(16)14(20-8-4)13(10-11)19-7-3/h9-10H,5-8H2,1-4H3. The van der Waals surface area contributed by atoms with Crippen LogP contribution >= 0.6 is 15.9 Å². The number of benzene rings is 1. The van der Waals surface area contributed by atoms with Crippen LogP contribution in [0.25, 0.3) is 0 Å². The third-order valence-corrected chi connectivity index (χ3v) is 3.48. The van der Waals surface area contributed by atoms with Crippen LogP contribution in [-0.4, -0.2) is 37.1 Å². The van der Waals surface area contributed by atoms with E-state index in [1.54, 1.807) is 17.0 Å². The van der Waals surface area contributed by atoms with Crippen LogP contribution in [0.1, 0.15) is 38.1 Å². The van der Waals surface area contributed by atoms with Crippen LogP contribution in [0, 0.1) is 0 Å². The molecule has 0 N–H and O–H groups in total. The maximum Gasteiger partial charge on any atom is 0.254 e. The highest BCUT2D eigenvalue weighted by Crippen LogP contribution is 2.37. The average molecular weight is 344 g/mol. The van der Waals surface area contributed by atoms with Gasteiger partial charge in [-0.2, -0.15) is 0 Å². The number of nitrogens with zero attached hydrogens (tertiary/aromatic N) is 1. The van der Waals surface area contributed by atoms with E-state index in [1.807, 2.05) is 27.7 Å². The van der Waals surface area contributed by atoms with E-state index >= 15 is 0 Å². The molecule has 1 rings (SSSR count). The van der Waals surface area contributed by atoms with Gasteiger partial charge in [-0.1, -0.05) is 0 Å². The SMILES string of the molecule is CCOc1cc(C(=O)N(CC)CC)cc(Br)c1OCC. The first-order valence-corrected chi connectivity index (χ1v) is 7.76. The lowest BCUT2D eigenvalue weighted by Crippen LogP contribution is -2.30. The Balaban J connectivity index is 3.19. The van der Waals surface area contributed by atoms with Crippen molar-refractivity contribution >= 4 is 21.8 Å². The quantitative estimate of drug-likeness (QED) is 0.757. The highest BCUT2D eigenvalue weighted by molar-refractivity contribution is 9.10. The second-order valence-corrected chi connectivity index (χ2v) is 4.98. The van der Waals surface area contributed by atoms with Gasteiger partial charge in [0, 0.05) is 18.7 Å². The zero-order valence-corrected chi connectivity index (χ0v) is 14.1. The van der Waals surface area contributed by atoms with E-state index < -0.39 is 0 Å². The second-order valence-electron chi connectivity index (χ2n) is 4.13. The molecule has 0 aliphatic rings. The van der Waals surface area contributed by atoms with Gasteiger partial charge in [-0.3, -0.25) is 4.79 Å². The molecule has 0 saturated carbocycles. The van der Waals surface area contributed by atoms with Crippen molar-refractivity contribution in [2.75, 3.05) is 26.3 Å². The molecule has 0 aliphatic carbocycles. The molecule has 1 amide bonds. The molecule has 0 atom stereocenters. The minimum Gasteiger partial charge on any atom is -0.490 e. The number of amides is 1. The Hall–Kier alpha value is -1.23. The molecular formula is C15H22BrNO3. The predicted molar refractivity (Wildman–Crippen MR) is 83.7 cm³/mol. The summed E-state index contributed by atoms with van der Waals surface area (Å²) in [7, 11) is 0. The number of carbonyl (C=O) groups excluding carboxylic acids is 1. The smallest absolute Gasteiger partial charge is 0.254 e. The van der Waals surface area contributed by atoms with Crippen LogP contribution in [0.4, 0.5) is 0 Å². The molecule has 0 bridgehead atoms. The molecule has 0 heterocycles. The summed E-state index contributed by atoms with van der Waals surface area (Å²) in [4.78, 5) is 14.2. The molecule has 112 valence electrons. The average Bonchev–Trinajstić information content (AvgIpc) is 2.43. The van der Waals surface area contributed by atoms with Crippen molar-refractivity contribution in [3.8, 4) is 11.5 Å². The first-order chi connectivity index (χ1) is 9.58. The van der Waals surface area contributed by atoms with Gasteiger partial charge < -0.3 is 14.4 Å². The Labute approximate surface area is 129 Å². The highest BCUT2D eigenvalue weighted by Gasteiger charge is 2.18. The maximum absolute atomic E-state index is 12.4. The van der Waals surface area contributed by atoms with Crippen LogP contribution in [0.2, 0.25) is 0 Å². The molecule has 0 saturated heterocycles. The first-order valence-electron chi connectivity index (χ1n) is 6.97. The Bertz CT molecular complexity index is 459. The van der Waals surface area contributed by atoms with Crippen molar-refractivity contribution in [3.63, 3.8) is 0 Å². The third kappa shape index (κ3) is 3.88. The van der Waals surface area contributed by atoms with Crippen molar-refractivity contribution in [1.29, 1.82) is 0 Å². The first kappa shape index (κ1) is 16.8. The largest absolute Gasteiger partial charge is 0.490 e. The van der Waals surface area contributed by atoms with Gasteiger partial charge in [0.1, 0.15) is 0 Å². The van der Waals surface area contributed by atoms with Crippen molar-refractivity contribution in [3.05, 3.63) is 22.2 Å². The fraction of sp³-hybridized carbons (Fsp3) is 0.533. The summed E-state index contributed by atoms with van der Waals surface area (Å²) >= 11 is 3.45.